The van der Waals surface area contributed by atoms with Crippen LogP contribution in [0.5, 0.6) is 0 Å². The Hall–Kier alpha value is -3.89. The van der Waals surface area contributed by atoms with Crippen LogP contribution in [0.1, 0.15) is 66.1 Å². The Labute approximate surface area is 214 Å². The largest absolute Gasteiger partial charge is 0.343 e. The van der Waals surface area contributed by atoms with E-state index in [1.165, 1.54) is 4.90 Å². The minimum absolute atomic E-state index is 0.110. The summed E-state index contributed by atoms with van der Waals surface area (Å²) in [7, 11) is 3.41. The van der Waals surface area contributed by atoms with Crippen LogP contribution in [-0.4, -0.2) is 84.1 Å². The summed E-state index contributed by atoms with van der Waals surface area (Å²) in [6.07, 6.45) is 6.03. The molecule has 0 spiro atoms. The van der Waals surface area contributed by atoms with Crippen LogP contribution >= 0.6 is 0 Å². The van der Waals surface area contributed by atoms with Crippen LogP contribution in [0.3, 0.4) is 0 Å². The monoisotopic (exact) mass is 503 g/mol. The first-order valence-electron chi connectivity index (χ1n) is 13.1. The van der Waals surface area contributed by atoms with Gasteiger partial charge in [0.15, 0.2) is 11.6 Å². The first-order chi connectivity index (χ1) is 17.8. The standard InChI is InChI=1S/C26H33N9O2/c1-6-33(18-12-17(30-31-18)25(36)32(4)5)24-21-20(27-13-28-21)19-14(3)22(34(7-2)23(19)29-24)26(37)35(15-8-9-15)16-10-11-16/h12-13,15-16H,6-11H2,1-5H3,(H,27,28)(H,30,31). The number of hydrogen-bond acceptors (Lipinski definition) is 6. The number of aromatic nitrogens is 6. The van der Waals surface area contributed by atoms with E-state index in [9.17, 15) is 9.59 Å². The number of pyridine rings is 1. The van der Waals surface area contributed by atoms with Crippen molar-refractivity contribution in [2.45, 2.75) is 65.1 Å². The smallest absolute Gasteiger partial charge is 0.271 e. The van der Waals surface area contributed by atoms with Crippen LogP contribution < -0.4 is 4.90 Å². The molecule has 2 fully saturated rings. The van der Waals surface area contributed by atoms with Crippen molar-refractivity contribution in [3.05, 3.63) is 29.3 Å². The van der Waals surface area contributed by atoms with Gasteiger partial charge in [-0.25, -0.2) is 9.97 Å². The van der Waals surface area contributed by atoms with Gasteiger partial charge in [-0.15, -0.1) is 0 Å². The summed E-state index contributed by atoms with van der Waals surface area (Å²) >= 11 is 0. The fourth-order valence-electron chi connectivity index (χ4n) is 5.40. The average molecular weight is 504 g/mol. The third-order valence-corrected chi connectivity index (χ3v) is 7.47. The fourth-order valence-corrected chi connectivity index (χ4v) is 5.40. The molecule has 2 aliphatic rings. The molecule has 2 saturated carbocycles. The molecule has 11 heteroatoms. The molecule has 0 aromatic carbocycles. The SMILES string of the molecule is CCN(c1cc(C(=O)N(C)C)[nH]n1)c1nc2c(c(C)c(C(=O)N(C3CC3)C3CC3)n2CC)c2nc[nH]c12. The van der Waals surface area contributed by atoms with E-state index in [4.69, 9.17) is 4.98 Å². The van der Waals surface area contributed by atoms with E-state index < -0.39 is 0 Å². The molecule has 0 atom stereocenters. The number of aromatic amines is 2. The van der Waals surface area contributed by atoms with Gasteiger partial charge in [-0.2, -0.15) is 5.10 Å². The molecule has 2 aliphatic carbocycles. The number of aryl methyl sites for hydroxylation is 2. The van der Waals surface area contributed by atoms with E-state index in [2.05, 4.69) is 32.0 Å². The molecule has 0 saturated heterocycles. The maximum absolute atomic E-state index is 14.0. The van der Waals surface area contributed by atoms with Gasteiger partial charge < -0.3 is 24.3 Å². The molecule has 6 rings (SSSR count). The van der Waals surface area contributed by atoms with Crippen molar-refractivity contribution in [3.63, 3.8) is 0 Å². The molecule has 4 heterocycles. The second-order valence-corrected chi connectivity index (χ2v) is 10.2. The summed E-state index contributed by atoms with van der Waals surface area (Å²) in [5.74, 6) is 1.20. The number of anilines is 2. The van der Waals surface area contributed by atoms with E-state index in [1.807, 2.05) is 23.3 Å². The summed E-state index contributed by atoms with van der Waals surface area (Å²) in [4.78, 5) is 45.1. The van der Waals surface area contributed by atoms with Crippen LogP contribution in [-0.2, 0) is 6.54 Å². The van der Waals surface area contributed by atoms with Crippen molar-refractivity contribution >= 4 is 45.5 Å². The highest BCUT2D eigenvalue weighted by Gasteiger charge is 2.44. The summed E-state index contributed by atoms with van der Waals surface area (Å²) in [6.45, 7) is 7.27. The number of fused-ring (bicyclic) bond motifs is 3. The number of rotatable bonds is 8. The normalized spacial score (nSPS) is 15.5. The van der Waals surface area contributed by atoms with Gasteiger partial charge >= 0.3 is 0 Å². The first kappa shape index (κ1) is 23.5. The zero-order chi connectivity index (χ0) is 26.0. The highest BCUT2D eigenvalue weighted by molar-refractivity contribution is 6.12. The molecule has 0 aliphatic heterocycles. The quantitative estimate of drug-likeness (QED) is 0.379. The zero-order valence-corrected chi connectivity index (χ0v) is 22.0. The van der Waals surface area contributed by atoms with E-state index >= 15 is 0 Å². The number of hydrogen-bond donors (Lipinski definition) is 2. The van der Waals surface area contributed by atoms with Crippen LogP contribution in [0, 0.1) is 6.92 Å². The van der Waals surface area contributed by atoms with E-state index in [1.54, 1.807) is 26.5 Å². The summed E-state index contributed by atoms with van der Waals surface area (Å²) in [6, 6.07) is 2.47. The predicted molar refractivity (Wildman–Crippen MR) is 141 cm³/mol. The highest BCUT2D eigenvalue weighted by Crippen LogP contribution is 2.41. The molecule has 194 valence electrons. The molecule has 2 amide bonds. The number of imidazole rings is 1. The van der Waals surface area contributed by atoms with Gasteiger partial charge in [0.25, 0.3) is 11.8 Å². The fraction of sp³-hybridized carbons (Fsp3) is 0.500. The van der Waals surface area contributed by atoms with Gasteiger partial charge in [-0.1, -0.05) is 0 Å². The van der Waals surface area contributed by atoms with Crippen molar-refractivity contribution in [3.8, 4) is 0 Å². The van der Waals surface area contributed by atoms with Crippen molar-refractivity contribution in [2.75, 3.05) is 25.5 Å². The number of nitrogens with one attached hydrogen (secondary N) is 2. The number of H-pyrrole nitrogens is 2. The Kier molecular flexibility index (Phi) is 5.46. The lowest BCUT2D eigenvalue weighted by atomic mass is 10.1. The van der Waals surface area contributed by atoms with Crippen LogP contribution in [0.25, 0.3) is 22.1 Å². The molecule has 0 radical (unpaired) electrons. The van der Waals surface area contributed by atoms with E-state index in [-0.39, 0.29) is 11.8 Å². The molecule has 37 heavy (non-hydrogen) atoms. The highest BCUT2D eigenvalue weighted by atomic mass is 16.2. The topological polar surface area (TPSA) is 119 Å². The Morgan fingerprint density at radius 1 is 1.11 bits per heavy atom. The third kappa shape index (κ3) is 3.67. The Balaban J connectivity index is 1.52. The molecule has 11 nitrogen and oxygen atoms in total. The predicted octanol–water partition coefficient (Wildman–Crippen LogP) is 3.59. The van der Waals surface area contributed by atoms with Crippen LogP contribution in [0.4, 0.5) is 11.6 Å². The van der Waals surface area contributed by atoms with Gasteiger partial charge in [-0.05, 0) is 52.0 Å². The summed E-state index contributed by atoms with van der Waals surface area (Å²) in [5.41, 5.74) is 4.33. The molecule has 4 aromatic rings. The van der Waals surface area contributed by atoms with Crippen molar-refractivity contribution < 1.29 is 9.59 Å². The van der Waals surface area contributed by atoms with E-state index in [0.29, 0.717) is 48.2 Å². The lowest BCUT2D eigenvalue weighted by Gasteiger charge is -2.23. The maximum Gasteiger partial charge on any atom is 0.271 e. The maximum atomic E-state index is 14.0. The second-order valence-electron chi connectivity index (χ2n) is 10.2. The lowest BCUT2D eigenvalue weighted by molar-refractivity contribution is 0.0718. The average Bonchev–Trinajstić information content (AvgIpc) is 3.77. The van der Waals surface area contributed by atoms with Gasteiger partial charge in [-0.3, -0.25) is 14.7 Å². The zero-order valence-electron chi connectivity index (χ0n) is 22.0. The minimum Gasteiger partial charge on any atom is -0.343 e. The number of amides is 2. The van der Waals surface area contributed by atoms with Crippen molar-refractivity contribution in [1.29, 1.82) is 0 Å². The Morgan fingerprint density at radius 2 is 1.81 bits per heavy atom. The first-order valence-corrected chi connectivity index (χ1v) is 13.1. The number of carbonyl (C=O) groups is 2. The van der Waals surface area contributed by atoms with Gasteiger partial charge in [0.2, 0.25) is 0 Å². The van der Waals surface area contributed by atoms with Crippen molar-refractivity contribution in [2.24, 2.45) is 0 Å². The third-order valence-electron chi connectivity index (χ3n) is 7.47. The van der Waals surface area contributed by atoms with E-state index in [0.717, 1.165) is 53.3 Å². The van der Waals surface area contributed by atoms with Gasteiger partial charge in [0.1, 0.15) is 28.1 Å². The lowest BCUT2D eigenvalue weighted by Crippen LogP contribution is -2.36. The molecular weight excluding hydrogens is 470 g/mol. The molecule has 4 aromatic heterocycles. The molecular formula is C26H33N9O2. The summed E-state index contributed by atoms with van der Waals surface area (Å²) < 4.78 is 2.04. The van der Waals surface area contributed by atoms with Crippen molar-refractivity contribution in [1.82, 2.24) is 39.5 Å². The number of nitrogens with zero attached hydrogens (tertiary/aromatic N) is 7. The minimum atomic E-state index is -0.153. The Bertz CT molecular complexity index is 1510. The number of carbonyl (C=O) groups excluding carboxylic acids is 2. The van der Waals surface area contributed by atoms with Crippen LogP contribution in [0.15, 0.2) is 12.4 Å². The molecule has 0 bridgehead atoms. The van der Waals surface area contributed by atoms with Gasteiger partial charge in [0, 0.05) is 45.3 Å². The summed E-state index contributed by atoms with van der Waals surface area (Å²) in [5, 5.41) is 8.18. The second kappa shape index (κ2) is 8.60. The molecule has 2 N–H and O–H groups in total. The molecule has 0 unspecified atom stereocenters. The Morgan fingerprint density at radius 3 is 2.41 bits per heavy atom. The van der Waals surface area contributed by atoms with Gasteiger partial charge in [0.05, 0.1) is 11.7 Å². The van der Waals surface area contributed by atoms with Crippen LogP contribution in [0.2, 0.25) is 0 Å².